The minimum Gasteiger partial charge on any atom is -0.478 e. The molecule has 0 saturated carbocycles. The monoisotopic (exact) mass is 217 g/mol. The lowest BCUT2D eigenvalue weighted by Crippen LogP contribution is -2.21. The summed E-state index contributed by atoms with van der Waals surface area (Å²) in [5.41, 5.74) is 0.915. The van der Waals surface area contributed by atoms with Gasteiger partial charge in [-0.2, -0.15) is 5.26 Å². The highest BCUT2D eigenvalue weighted by Gasteiger charge is 2.20. The molecule has 0 spiro atoms. The van der Waals surface area contributed by atoms with E-state index in [0.717, 1.165) is 25.9 Å². The maximum atomic E-state index is 11.1. The third-order valence-corrected chi connectivity index (χ3v) is 2.67. The van der Waals surface area contributed by atoms with E-state index >= 15 is 0 Å². The Morgan fingerprint density at radius 1 is 1.50 bits per heavy atom. The Balaban J connectivity index is 2.44. The number of carboxylic acid groups (broad SMARTS) is 1. The zero-order valence-corrected chi connectivity index (χ0v) is 8.68. The van der Waals surface area contributed by atoms with Crippen molar-refractivity contribution in [3.05, 3.63) is 23.5 Å². The first-order valence-corrected chi connectivity index (χ1v) is 5.11. The molecule has 5 nitrogen and oxygen atoms in total. The first-order valence-electron chi connectivity index (χ1n) is 5.11. The second-order valence-corrected chi connectivity index (χ2v) is 3.70. The Kier molecular flexibility index (Phi) is 2.73. The number of hydrogen-bond donors (Lipinski definition) is 1. The molecule has 0 amide bonds. The van der Waals surface area contributed by atoms with Gasteiger partial charge in [0.2, 0.25) is 0 Å². The van der Waals surface area contributed by atoms with Crippen LogP contribution in [0.25, 0.3) is 0 Å². The van der Waals surface area contributed by atoms with Crippen LogP contribution in [0.1, 0.15) is 28.9 Å². The molecule has 1 saturated heterocycles. The summed E-state index contributed by atoms with van der Waals surface area (Å²) in [7, 11) is 0. The second kappa shape index (κ2) is 4.19. The van der Waals surface area contributed by atoms with E-state index in [2.05, 4.69) is 4.98 Å². The average Bonchev–Trinajstić information content (AvgIpc) is 2.81. The molecule has 1 fully saturated rings. The molecule has 0 bridgehead atoms. The molecule has 0 unspecified atom stereocenters. The van der Waals surface area contributed by atoms with Gasteiger partial charge in [0.05, 0.1) is 17.4 Å². The molecule has 82 valence electrons. The van der Waals surface area contributed by atoms with Crippen molar-refractivity contribution in [3.63, 3.8) is 0 Å². The lowest BCUT2D eigenvalue weighted by molar-refractivity contribution is 0.0697. The largest absolute Gasteiger partial charge is 0.478 e. The standard InChI is InChI=1S/C11H11N3O2/c12-6-8-5-9(11(15)16)10(7-13-8)14-3-1-2-4-14/h5,7H,1-4H2,(H,15,16). The summed E-state index contributed by atoms with van der Waals surface area (Å²) in [6, 6.07) is 3.18. The number of pyridine rings is 1. The highest BCUT2D eigenvalue weighted by Crippen LogP contribution is 2.24. The summed E-state index contributed by atoms with van der Waals surface area (Å²) < 4.78 is 0. The minimum atomic E-state index is -1.01. The molecule has 5 heteroatoms. The average molecular weight is 217 g/mol. The number of anilines is 1. The van der Waals surface area contributed by atoms with E-state index in [9.17, 15) is 4.79 Å². The molecule has 1 aromatic heterocycles. The molecule has 0 aliphatic carbocycles. The summed E-state index contributed by atoms with van der Waals surface area (Å²) in [5.74, 6) is -1.01. The number of aromatic carboxylic acids is 1. The summed E-state index contributed by atoms with van der Waals surface area (Å²) >= 11 is 0. The Labute approximate surface area is 92.9 Å². The summed E-state index contributed by atoms with van der Waals surface area (Å²) in [4.78, 5) is 17.0. The van der Waals surface area contributed by atoms with Crippen molar-refractivity contribution in [2.45, 2.75) is 12.8 Å². The lowest BCUT2D eigenvalue weighted by atomic mass is 10.2. The van der Waals surface area contributed by atoms with Crippen molar-refractivity contribution < 1.29 is 9.90 Å². The van der Waals surface area contributed by atoms with E-state index in [0.29, 0.717) is 5.69 Å². The Morgan fingerprint density at radius 3 is 2.75 bits per heavy atom. The maximum absolute atomic E-state index is 11.1. The number of nitrogens with zero attached hydrogens (tertiary/aromatic N) is 3. The molecule has 1 aliphatic heterocycles. The summed E-state index contributed by atoms with van der Waals surface area (Å²) in [5, 5.41) is 17.8. The van der Waals surface area contributed by atoms with E-state index in [1.807, 2.05) is 11.0 Å². The van der Waals surface area contributed by atoms with Gasteiger partial charge in [-0.25, -0.2) is 9.78 Å². The minimum absolute atomic E-state index is 0.139. The zero-order chi connectivity index (χ0) is 11.5. The predicted octanol–water partition coefficient (Wildman–Crippen LogP) is 1.25. The molecule has 1 aliphatic rings. The Morgan fingerprint density at radius 2 is 2.19 bits per heavy atom. The molecule has 1 N–H and O–H groups in total. The zero-order valence-electron chi connectivity index (χ0n) is 8.68. The van der Waals surface area contributed by atoms with Crippen LogP contribution in [0.15, 0.2) is 12.3 Å². The van der Waals surface area contributed by atoms with E-state index in [1.165, 1.54) is 12.3 Å². The fourth-order valence-corrected chi connectivity index (χ4v) is 1.89. The number of aromatic nitrogens is 1. The van der Waals surface area contributed by atoms with Crippen molar-refractivity contribution >= 4 is 11.7 Å². The summed E-state index contributed by atoms with van der Waals surface area (Å²) in [6.07, 6.45) is 3.62. The van der Waals surface area contributed by atoms with Gasteiger partial charge in [-0.1, -0.05) is 0 Å². The van der Waals surface area contributed by atoms with Crippen molar-refractivity contribution in [2.75, 3.05) is 18.0 Å². The fourth-order valence-electron chi connectivity index (χ4n) is 1.89. The Hall–Kier alpha value is -2.09. The number of rotatable bonds is 2. The van der Waals surface area contributed by atoms with E-state index in [1.54, 1.807) is 0 Å². The fraction of sp³-hybridized carbons (Fsp3) is 0.364. The van der Waals surface area contributed by atoms with Crippen LogP contribution in [-0.2, 0) is 0 Å². The molecule has 0 radical (unpaired) electrons. The van der Waals surface area contributed by atoms with Crippen LogP contribution >= 0.6 is 0 Å². The molecule has 2 heterocycles. The van der Waals surface area contributed by atoms with Crippen LogP contribution in [-0.4, -0.2) is 29.1 Å². The van der Waals surface area contributed by atoms with Crippen molar-refractivity contribution in [3.8, 4) is 6.07 Å². The van der Waals surface area contributed by atoms with E-state index in [4.69, 9.17) is 10.4 Å². The van der Waals surface area contributed by atoms with Crippen LogP contribution in [0.5, 0.6) is 0 Å². The molecular weight excluding hydrogens is 206 g/mol. The molecule has 2 rings (SSSR count). The number of hydrogen-bond acceptors (Lipinski definition) is 4. The molecule has 0 atom stereocenters. The third-order valence-electron chi connectivity index (χ3n) is 2.67. The molecule has 0 aromatic carbocycles. The van der Waals surface area contributed by atoms with E-state index in [-0.39, 0.29) is 11.3 Å². The van der Waals surface area contributed by atoms with Crippen LogP contribution in [0.3, 0.4) is 0 Å². The van der Waals surface area contributed by atoms with Gasteiger partial charge in [-0.15, -0.1) is 0 Å². The third kappa shape index (κ3) is 1.82. The van der Waals surface area contributed by atoms with Gasteiger partial charge in [0, 0.05) is 13.1 Å². The number of carbonyl (C=O) groups is 1. The lowest BCUT2D eigenvalue weighted by Gasteiger charge is -2.19. The van der Waals surface area contributed by atoms with Gasteiger partial charge in [0.1, 0.15) is 11.8 Å². The normalized spacial score (nSPS) is 14.8. The van der Waals surface area contributed by atoms with Gasteiger partial charge in [-0.3, -0.25) is 0 Å². The maximum Gasteiger partial charge on any atom is 0.337 e. The van der Waals surface area contributed by atoms with Crippen LogP contribution in [0.4, 0.5) is 5.69 Å². The van der Waals surface area contributed by atoms with Crippen LogP contribution < -0.4 is 4.90 Å². The molecule has 1 aromatic rings. The quantitative estimate of drug-likeness (QED) is 0.806. The van der Waals surface area contributed by atoms with Crippen molar-refractivity contribution in [1.82, 2.24) is 4.98 Å². The van der Waals surface area contributed by atoms with Crippen LogP contribution in [0.2, 0.25) is 0 Å². The second-order valence-electron chi connectivity index (χ2n) is 3.70. The van der Waals surface area contributed by atoms with Gasteiger partial charge in [-0.05, 0) is 18.9 Å². The highest BCUT2D eigenvalue weighted by atomic mass is 16.4. The highest BCUT2D eigenvalue weighted by molar-refractivity contribution is 5.94. The number of carboxylic acids is 1. The molecular formula is C11H11N3O2. The van der Waals surface area contributed by atoms with Crippen molar-refractivity contribution in [1.29, 1.82) is 5.26 Å². The van der Waals surface area contributed by atoms with Gasteiger partial charge in [0.25, 0.3) is 0 Å². The number of nitriles is 1. The molecule has 16 heavy (non-hydrogen) atoms. The topological polar surface area (TPSA) is 77.2 Å². The van der Waals surface area contributed by atoms with E-state index < -0.39 is 5.97 Å². The Bertz CT molecular complexity index is 459. The van der Waals surface area contributed by atoms with Gasteiger partial charge < -0.3 is 10.0 Å². The van der Waals surface area contributed by atoms with Crippen molar-refractivity contribution in [2.24, 2.45) is 0 Å². The smallest absolute Gasteiger partial charge is 0.337 e. The first kappa shape index (κ1) is 10.4. The SMILES string of the molecule is N#Cc1cc(C(=O)O)c(N2CCCC2)cn1. The van der Waals surface area contributed by atoms with Gasteiger partial charge >= 0.3 is 5.97 Å². The van der Waals surface area contributed by atoms with Crippen LogP contribution in [0, 0.1) is 11.3 Å². The summed E-state index contributed by atoms with van der Waals surface area (Å²) in [6.45, 7) is 1.71. The van der Waals surface area contributed by atoms with Gasteiger partial charge in [0.15, 0.2) is 0 Å². The predicted molar refractivity (Wildman–Crippen MR) is 57.4 cm³/mol. The first-order chi connectivity index (χ1) is 7.72.